The second-order valence-corrected chi connectivity index (χ2v) is 10.2. The maximum absolute atomic E-state index is 12.7. The van der Waals surface area contributed by atoms with Gasteiger partial charge in [0.15, 0.2) is 0 Å². The topological polar surface area (TPSA) is 109 Å². The van der Waals surface area contributed by atoms with Gasteiger partial charge in [-0.2, -0.15) is 5.10 Å². The predicted molar refractivity (Wildman–Crippen MR) is 128 cm³/mol. The highest BCUT2D eigenvalue weighted by molar-refractivity contribution is 7.89. The molecule has 4 aromatic rings. The van der Waals surface area contributed by atoms with Crippen molar-refractivity contribution in [1.82, 2.24) is 29.5 Å². The van der Waals surface area contributed by atoms with Crippen molar-refractivity contribution in [1.29, 1.82) is 0 Å². The molecule has 3 aromatic heterocycles. The van der Waals surface area contributed by atoms with Crippen molar-refractivity contribution in [2.45, 2.75) is 37.2 Å². The first kappa shape index (κ1) is 21.9. The minimum absolute atomic E-state index is 0.135. The molecule has 1 fully saturated rings. The summed E-state index contributed by atoms with van der Waals surface area (Å²) < 4.78 is 29.8. The van der Waals surface area contributed by atoms with Gasteiger partial charge in [0.25, 0.3) is 0 Å². The number of anilines is 1. The molecule has 11 heteroatoms. The summed E-state index contributed by atoms with van der Waals surface area (Å²) in [7, 11) is -3.59. The first-order valence-electron chi connectivity index (χ1n) is 10.8. The van der Waals surface area contributed by atoms with E-state index in [1.165, 1.54) is 6.20 Å². The number of halogens is 1. The zero-order valence-corrected chi connectivity index (χ0v) is 19.6. The van der Waals surface area contributed by atoms with Crippen molar-refractivity contribution >= 4 is 38.5 Å². The summed E-state index contributed by atoms with van der Waals surface area (Å²) in [5.74, 6) is 0.849. The van der Waals surface area contributed by atoms with Gasteiger partial charge in [-0.25, -0.2) is 23.1 Å². The Bertz CT molecular complexity index is 1370. The predicted octanol–water partition coefficient (Wildman–Crippen LogP) is 3.44. The van der Waals surface area contributed by atoms with Gasteiger partial charge in [-0.05, 0) is 43.5 Å². The summed E-state index contributed by atoms with van der Waals surface area (Å²) in [6.45, 7) is 3.92. The Morgan fingerprint density at radius 2 is 1.94 bits per heavy atom. The molecule has 1 aromatic carbocycles. The van der Waals surface area contributed by atoms with Gasteiger partial charge in [-0.1, -0.05) is 23.7 Å². The Balaban J connectivity index is 1.30. The van der Waals surface area contributed by atoms with Crippen LogP contribution in [0.3, 0.4) is 0 Å². The highest BCUT2D eigenvalue weighted by Gasteiger charge is 2.27. The van der Waals surface area contributed by atoms with Crippen LogP contribution in [-0.4, -0.2) is 52.3 Å². The van der Waals surface area contributed by atoms with Crippen LogP contribution >= 0.6 is 11.6 Å². The van der Waals surface area contributed by atoms with Gasteiger partial charge in [0, 0.05) is 42.6 Å². The molecular formula is C22H24ClN7O2S. The monoisotopic (exact) mass is 485 g/mol. The van der Waals surface area contributed by atoms with E-state index in [0.29, 0.717) is 37.5 Å². The molecule has 0 aliphatic carbocycles. The van der Waals surface area contributed by atoms with Crippen LogP contribution in [0.1, 0.15) is 19.8 Å². The molecule has 0 spiro atoms. The molecule has 0 radical (unpaired) electrons. The molecule has 0 atom stereocenters. The van der Waals surface area contributed by atoms with Crippen molar-refractivity contribution < 1.29 is 8.42 Å². The van der Waals surface area contributed by atoms with E-state index in [9.17, 15) is 8.42 Å². The molecule has 5 rings (SSSR count). The van der Waals surface area contributed by atoms with Crippen molar-refractivity contribution in [2.24, 2.45) is 0 Å². The van der Waals surface area contributed by atoms with Gasteiger partial charge in [0.2, 0.25) is 10.0 Å². The lowest BCUT2D eigenvalue weighted by Crippen LogP contribution is -2.44. The number of benzene rings is 1. The Labute approximate surface area is 196 Å². The number of piperidine rings is 1. The third-order valence-corrected chi connectivity index (χ3v) is 7.65. The van der Waals surface area contributed by atoms with Gasteiger partial charge in [0.05, 0.1) is 11.6 Å². The molecule has 9 nitrogen and oxygen atoms in total. The van der Waals surface area contributed by atoms with Crippen molar-refractivity contribution in [3.05, 3.63) is 54.1 Å². The average Bonchev–Trinajstić information content (AvgIpc) is 3.47. The van der Waals surface area contributed by atoms with Crippen LogP contribution in [0.5, 0.6) is 0 Å². The van der Waals surface area contributed by atoms with E-state index >= 15 is 0 Å². The normalized spacial score (nSPS) is 15.4. The van der Waals surface area contributed by atoms with Crippen LogP contribution in [0, 0.1) is 0 Å². The van der Waals surface area contributed by atoms with E-state index in [4.69, 9.17) is 11.6 Å². The second-order valence-electron chi connectivity index (χ2n) is 8.06. The number of aromatic nitrogens is 5. The maximum atomic E-state index is 12.7. The van der Waals surface area contributed by atoms with Crippen molar-refractivity contribution in [3.63, 3.8) is 0 Å². The van der Waals surface area contributed by atoms with E-state index in [2.05, 4.69) is 29.7 Å². The molecule has 1 aliphatic rings. The number of fused-ring (bicyclic) bond motifs is 1. The largest absolute Gasteiger partial charge is 0.356 e. The van der Waals surface area contributed by atoms with E-state index in [0.717, 1.165) is 28.1 Å². The van der Waals surface area contributed by atoms with Crippen LogP contribution in [0.25, 0.3) is 22.3 Å². The number of H-pyrrole nitrogens is 1. The zero-order chi connectivity index (χ0) is 23.0. The number of aromatic amines is 1. The lowest BCUT2D eigenvalue weighted by molar-refractivity contribution is 0.459. The molecule has 1 aliphatic heterocycles. The van der Waals surface area contributed by atoms with Crippen LogP contribution in [0.4, 0.5) is 5.82 Å². The fourth-order valence-corrected chi connectivity index (χ4v) is 5.50. The number of hydrogen-bond donors (Lipinski definition) is 2. The van der Waals surface area contributed by atoms with Crippen molar-refractivity contribution in [2.75, 3.05) is 18.0 Å². The number of sulfonamides is 1. The van der Waals surface area contributed by atoms with E-state index < -0.39 is 10.0 Å². The number of rotatable bonds is 6. The number of aryl methyl sites for hydroxylation is 1. The summed E-state index contributed by atoms with van der Waals surface area (Å²) in [5, 5.41) is 5.69. The lowest BCUT2D eigenvalue weighted by atomic mass is 10.1. The van der Waals surface area contributed by atoms with Gasteiger partial charge in [-0.3, -0.25) is 4.68 Å². The van der Waals surface area contributed by atoms with Gasteiger partial charge in [0.1, 0.15) is 22.7 Å². The molecule has 0 unspecified atom stereocenters. The van der Waals surface area contributed by atoms with Crippen LogP contribution < -0.4 is 9.62 Å². The first-order chi connectivity index (χ1) is 15.9. The highest BCUT2D eigenvalue weighted by Crippen LogP contribution is 2.30. The summed E-state index contributed by atoms with van der Waals surface area (Å²) in [6.07, 6.45) is 5.87. The average molecular weight is 486 g/mol. The number of nitrogens with zero attached hydrogens (tertiary/aromatic N) is 5. The molecule has 172 valence electrons. The summed E-state index contributed by atoms with van der Waals surface area (Å²) in [4.78, 5) is 14.7. The standard InChI is InChI=1S/C22H24ClN7O2S/c1-2-30-13-18(12-26-30)33(31,32)28-17-7-9-29(10-8-17)22-19-11-20(27-21(19)24-14-25-22)15-3-5-16(23)6-4-15/h3-6,11-14,17,28H,2,7-10H2,1H3,(H,24,25,27). The second kappa shape index (κ2) is 8.77. The first-order valence-corrected chi connectivity index (χ1v) is 12.7. The fourth-order valence-electron chi connectivity index (χ4n) is 4.12. The highest BCUT2D eigenvalue weighted by atomic mass is 35.5. The summed E-state index contributed by atoms with van der Waals surface area (Å²) in [5.41, 5.74) is 2.72. The van der Waals surface area contributed by atoms with Crippen LogP contribution in [-0.2, 0) is 16.6 Å². The number of nitrogens with one attached hydrogen (secondary N) is 2. The molecule has 33 heavy (non-hydrogen) atoms. The Morgan fingerprint density at radius 1 is 1.18 bits per heavy atom. The molecule has 4 heterocycles. The Morgan fingerprint density at radius 3 is 2.64 bits per heavy atom. The van der Waals surface area contributed by atoms with Gasteiger partial charge < -0.3 is 9.88 Å². The minimum Gasteiger partial charge on any atom is -0.356 e. The molecule has 0 bridgehead atoms. The van der Waals surface area contributed by atoms with Gasteiger partial charge >= 0.3 is 0 Å². The van der Waals surface area contributed by atoms with Crippen molar-refractivity contribution in [3.8, 4) is 11.3 Å². The van der Waals surface area contributed by atoms with E-state index in [-0.39, 0.29) is 10.9 Å². The molecule has 2 N–H and O–H groups in total. The molecular weight excluding hydrogens is 462 g/mol. The Hall–Kier alpha value is -2.95. The van der Waals surface area contributed by atoms with E-state index in [1.807, 2.05) is 37.3 Å². The maximum Gasteiger partial charge on any atom is 0.243 e. The summed E-state index contributed by atoms with van der Waals surface area (Å²) >= 11 is 6.01. The zero-order valence-electron chi connectivity index (χ0n) is 18.1. The van der Waals surface area contributed by atoms with Crippen LogP contribution in [0.15, 0.2) is 53.9 Å². The van der Waals surface area contributed by atoms with Gasteiger partial charge in [-0.15, -0.1) is 0 Å². The van der Waals surface area contributed by atoms with E-state index in [1.54, 1.807) is 17.2 Å². The SMILES string of the molecule is CCn1cc(S(=O)(=O)NC2CCN(c3ncnc4[nH]c(-c5ccc(Cl)cc5)cc34)CC2)cn1. The summed E-state index contributed by atoms with van der Waals surface area (Å²) in [6, 6.07) is 9.55. The Kier molecular flexibility index (Phi) is 5.81. The third kappa shape index (κ3) is 4.46. The third-order valence-electron chi connectivity index (χ3n) is 5.92. The number of hydrogen-bond acceptors (Lipinski definition) is 6. The quantitative estimate of drug-likeness (QED) is 0.433. The molecule has 0 saturated carbocycles. The lowest BCUT2D eigenvalue weighted by Gasteiger charge is -2.33. The molecule has 1 saturated heterocycles. The molecule has 0 amide bonds. The fraction of sp³-hybridized carbons (Fsp3) is 0.318. The smallest absolute Gasteiger partial charge is 0.243 e. The van der Waals surface area contributed by atoms with Crippen LogP contribution in [0.2, 0.25) is 5.02 Å². The minimum atomic E-state index is -3.59.